The molecule has 1 aliphatic heterocycles. The van der Waals surface area contributed by atoms with E-state index >= 15 is 0 Å². The predicted octanol–water partition coefficient (Wildman–Crippen LogP) is 0.550. The summed E-state index contributed by atoms with van der Waals surface area (Å²) in [6.45, 7) is 2.48. The summed E-state index contributed by atoms with van der Waals surface area (Å²) in [4.78, 5) is 10.7. The third kappa shape index (κ3) is 2.68. The van der Waals surface area contributed by atoms with Gasteiger partial charge in [0.2, 0.25) is 0 Å². The number of aromatic nitrogens is 2. The molecule has 1 aromatic heterocycles. The Bertz CT molecular complexity index is 337. The minimum atomic E-state index is 0.344. The van der Waals surface area contributed by atoms with Crippen molar-refractivity contribution >= 4 is 5.82 Å². The van der Waals surface area contributed by atoms with Crippen LogP contribution < -0.4 is 10.6 Å². The summed E-state index contributed by atoms with van der Waals surface area (Å²) in [5.74, 6) is 0.981. The second-order valence-electron chi connectivity index (χ2n) is 4.13. The summed E-state index contributed by atoms with van der Waals surface area (Å²) >= 11 is 0. The largest absolute Gasteiger partial charge is 0.378 e. The lowest BCUT2D eigenvalue weighted by atomic mass is 10.1. The number of hydrogen-bond donors (Lipinski definition) is 1. The van der Waals surface area contributed by atoms with Gasteiger partial charge in [0, 0.05) is 32.3 Å². The summed E-state index contributed by atoms with van der Waals surface area (Å²) in [5.41, 5.74) is 6.79. The van der Waals surface area contributed by atoms with Gasteiger partial charge in [0.1, 0.15) is 12.1 Å². The molecule has 2 rings (SSSR count). The molecule has 0 amide bonds. The van der Waals surface area contributed by atoms with E-state index in [2.05, 4.69) is 14.9 Å². The Labute approximate surface area is 95.6 Å². The molecule has 2 heterocycles. The number of piperidine rings is 1. The highest BCUT2D eigenvalue weighted by molar-refractivity contribution is 5.39. The first-order valence-corrected chi connectivity index (χ1v) is 5.60. The zero-order valence-electron chi connectivity index (χ0n) is 9.59. The van der Waals surface area contributed by atoms with Gasteiger partial charge in [-0.15, -0.1) is 0 Å². The molecule has 0 saturated carbocycles. The van der Waals surface area contributed by atoms with E-state index < -0.39 is 0 Å². The van der Waals surface area contributed by atoms with Crippen molar-refractivity contribution in [1.29, 1.82) is 0 Å². The van der Waals surface area contributed by atoms with Crippen molar-refractivity contribution in [3.8, 4) is 0 Å². The van der Waals surface area contributed by atoms with Crippen LogP contribution in [-0.4, -0.2) is 36.2 Å². The molecule has 0 atom stereocenters. The molecular weight excluding hydrogens is 204 g/mol. The lowest BCUT2D eigenvalue weighted by Crippen LogP contribution is -2.40. The normalized spacial score (nSPS) is 17.8. The lowest BCUT2D eigenvalue weighted by Gasteiger charge is -2.31. The summed E-state index contributed by atoms with van der Waals surface area (Å²) in [6.07, 6.45) is 3.66. The maximum atomic E-state index is 5.87. The Hall–Kier alpha value is -1.20. The number of methoxy groups -OCH3 is 1. The predicted molar refractivity (Wildman–Crippen MR) is 62.2 cm³/mol. The summed E-state index contributed by atoms with van der Waals surface area (Å²) in [6, 6.07) is 2.33. The molecule has 16 heavy (non-hydrogen) atoms. The summed E-state index contributed by atoms with van der Waals surface area (Å²) < 4.78 is 5.06. The number of nitrogens with two attached hydrogens (primary N) is 1. The van der Waals surface area contributed by atoms with Gasteiger partial charge >= 0.3 is 0 Å². The number of anilines is 1. The maximum absolute atomic E-state index is 5.87. The zero-order chi connectivity index (χ0) is 11.4. The van der Waals surface area contributed by atoms with Gasteiger partial charge in [-0.1, -0.05) is 0 Å². The molecule has 88 valence electrons. The van der Waals surface area contributed by atoms with E-state index in [4.69, 9.17) is 10.5 Å². The average molecular weight is 222 g/mol. The quantitative estimate of drug-likeness (QED) is 0.809. The Kier molecular flexibility index (Phi) is 3.69. The third-order valence-electron chi connectivity index (χ3n) is 2.87. The van der Waals surface area contributed by atoms with Crippen molar-refractivity contribution in [3.63, 3.8) is 0 Å². The fourth-order valence-corrected chi connectivity index (χ4v) is 1.91. The van der Waals surface area contributed by atoms with Crippen LogP contribution in [0.2, 0.25) is 0 Å². The molecule has 0 bridgehead atoms. The van der Waals surface area contributed by atoms with Gasteiger partial charge in [-0.25, -0.2) is 9.97 Å². The molecule has 1 fully saturated rings. The van der Waals surface area contributed by atoms with Gasteiger partial charge in [-0.05, 0) is 12.8 Å². The topological polar surface area (TPSA) is 64.3 Å². The van der Waals surface area contributed by atoms with Crippen molar-refractivity contribution in [2.45, 2.75) is 25.5 Å². The Morgan fingerprint density at radius 1 is 1.44 bits per heavy atom. The fourth-order valence-electron chi connectivity index (χ4n) is 1.91. The van der Waals surface area contributed by atoms with Crippen molar-refractivity contribution in [2.24, 2.45) is 5.73 Å². The fraction of sp³-hybridized carbons (Fsp3) is 0.636. The van der Waals surface area contributed by atoms with Crippen molar-refractivity contribution in [2.75, 3.05) is 25.1 Å². The Morgan fingerprint density at radius 2 is 2.19 bits per heavy atom. The van der Waals surface area contributed by atoms with Crippen LogP contribution in [0.3, 0.4) is 0 Å². The van der Waals surface area contributed by atoms with E-state index in [1.165, 1.54) is 0 Å². The van der Waals surface area contributed by atoms with E-state index in [-0.39, 0.29) is 0 Å². The van der Waals surface area contributed by atoms with Crippen LogP contribution in [-0.2, 0) is 11.3 Å². The van der Waals surface area contributed by atoms with Crippen LogP contribution in [0.5, 0.6) is 0 Å². The Morgan fingerprint density at radius 3 is 2.88 bits per heavy atom. The van der Waals surface area contributed by atoms with Crippen LogP contribution in [0.25, 0.3) is 0 Å². The third-order valence-corrected chi connectivity index (χ3v) is 2.87. The van der Waals surface area contributed by atoms with Crippen LogP contribution in [0.4, 0.5) is 5.82 Å². The highest BCUT2D eigenvalue weighted by atomic mass is 16.5. The first-order chi connectivity index (χ1) is 7.79. The van der Waals surface area contributed by atoms with Crippen molar-refractivity contribution < 1.29 is 4.74 Å². The SMILES string of the molecule is COCc1cc(N2CCC(N)CC2)ncn1. The van der Waals surface area contributed by atoms with Crippen LogP contribution >= 0.6 is 0 Å². The molecule has 1 saturated heterocycles. The van der Waals surface area contributed by atoms with Crippen LogP contribution in [0.15, 0.2) is 12.4 Å². The molecule has 0 aliphatic carbocycles. The van der Waals surface area contributed by atoms with E-state index in [9.17, 15) is 0 Å². The summed E-state index contributed by atoms with van der Waals surface area (Å²) in [7, 11) is 1.67. The minimum Gasteiger partial charge on any atom is -0.378 e. The molecule has 0 aromatic carbocycles. The smallest absolute Gasteiger partial charge is 0.132 e. The maximum Gasteiger partial charge on any atom is 0.132 e. The zero-order valence-corrected chi connectivity index (χ0v) is 9.59. The van der Waals surface area contributed by atoms with E-state index in [0.29, 0.717) is 12.6 Å². The van der Waals surface area contributed by atoms with E-state index in [0.717, 1.165) is 37.4 Å². The van der Waals surface area contributed by atoms with Gasteiger partial charge in [-0.2, -0.15) is 0 Å². The van der Waals surface area contributed by atoms with Gasteiger partial charge in [-0.3, -0.25) is 0 Å². The molecule has 1 aliphatic rings. The number of nitrogens with zero attached hydrogens (tertiary/aromatic N) is 3. The molecule has 5 nitrogen and oxygen atoms in total. The highest BCUT2D eigenvalue weighted by Gasteiger charge is 2.17. The standard InChI is InChI=1S/C11H18N4O/c1-16-7-10-6-11(14-8-13-10)15-4-2-9(12)3-5-15/h6,8-9H,2-5,7,12H2,1H3. The highest BCUT2D eigenvalue weighted by Crippen LogP contribution is 2.17. The van der Waals surface area contributed by atoms with Crippen molar-refractivity contribution in [3.05, 3.63) is 18.1 Å². The molecule has 1 aromatic rings. The second-order valence-corrected chi connectivity index (χ2v) is 4.13. The van der Waals surface area contributed by atoms with Crippen molar-refractivity contribution in [1.82, 2.24) is 9.97 Å². The first kappa shape index (κ1) is 11.3. The molecular formula is C11H18N4O. The van der Waals surface area contributed by atoms with Gasteiger partial charge < -0.3 is 15.4 Å². The van der Waals surface area contributed by atoms with Gasteiger partial charge in [0.25, 0.3) is 0 Å². The molecule has 5 heteroatoms. The van der Waals surface area contributed by atoms with E-state index in [1.807, 2.05) is 6.07 Å². The van der Waals surface area contributed by atoms with Gasteiger partial charge in [0.05, 0.1) is 12.3 Å². The molecule has 0 spiro atoms. The minimum absolute atomic E-state index is 0.344. The summed E-state index contributed by atoms with van der Waals surface area (Å²) in [5, 5.41) is 0. The number of rotatable bonds is 3. The van der Waals surface area contributed by atoms with Crippen LogP contribution in [0, 0.1) is 0 Å². The monoisotopic (exact) mass is 222 g/mol. The first-order valence-electron chi connectivity index (χ1n) is 5.60. The van der Waals surface area contributed by atoms with Gasteiger partial charge in [0.15, 0.2) is 0 Å². The second kappa shape index (κ2) is 5.23. The molecule has 2 N–H and O–H groups in total. The average Bonchev–Trinajstić information content (AvgIpc) is 2.31. The number of ether oxygens (including phenoxy) is 1. The Balaban J connectivity index is 2.05. The molecule has 0 unspecified atom stereocenters. The molecule has 0 radical (unpaired) electrons. The van der Waals surface area contributed by atoms with E-state index in [1.54, 1.807) is 13.4 Å². The van der Waals surface area contributed by atoms with Crippen LogP contribution in [0.1, 0.15) is 18.5 Å². The number of hydrogen-bond acceptors (Lipinski definition) is 5. The lowest BCUT2D eigenvalue weighted by molar-refractivity contribution is 0.181.